The second kappa shape index (κ2) is 5.38. The third-order valence-electron chi connectivity index (χ3n) is 3.30. The zero-order valence-corrected chi connectivity index (χ0v) is 11.0. The summed E-state index contributed by atoms with van der Waals surface area (Å²) in [5, 5.41) is 2.67. The second-order valence-electron chi connectivity index (χ2n) is 4.36. The van der Waals surface area contributed by atoms with Crippen molar-refractivity contribution in [2.45, 2.75) is 32.4 Å². The van der Waals surface area contributed by atoms with Crippen molar-refractivity contribution in [1.29, 1.82) is 0 Å². The van der Waals surface area contributed by atoms with Gasteiger partial charge in [0.05, 0.1) is 0 Å². The van der Waals surface area contributed by atoms with Gasteiger partial charge in [0.25, 0.3) is 5.91 Å². The zero-order valence-electron chi connectivity index (χ0n) is 11.0. The van der Waals surface area contributed by atoms with Crippen LogP contribution < -0.4 is 5.32 Å². The summed E-state index contributed by atoms with van der Waals surface area (Å²) in [5.74, 6) is -0.458. The fourth-order valence-corrected chi connectivity index (χ4v) is 2.12. The molecule has 1 fully saturated rings. The standard InChI is InChI=1S/C12H11FN2O2.C2H6.H2/c13-12-3-1-8(12)5-9(2-4-12)15-11(16)10-6-17-7-14-10;1-2;/h2,4-8H,1,3H2,(H,15,16);1-2H3;1H. The first kappa shape index (κ1) is 13.5. The van der Waals surface area contributed by atoms with Crippen LogP contribution in [0.5, 0.6) is 0 Å². The van der Waals surface area contributed by atoms with Gasteiger partial charge in [-0.05, 0) is 25.0 Å². The van der Waals surface area contributed by atoms with Crippen LogP contribution in [0.25, 0.3) is 0 Å². The number of halogens is 1. The molecule has 2 unspecified atom stereocenters. The Hall–Kier alpha value is -1.91. The molecule has 4 nitrogen and oxygen atoms in total. The smallest absolute Gasteiger partial charge is 0.277 e. The highest BCUT2D eigenvalue weighted by Gasteiger charge is 2.45. The van der Waals surface area contributed by atoms with E-state index in [-0.39, 0.29) is 18.9 Å². The number of hydrogen-bond donors (Lipinski definition) is 1. The molecule has 19 heavy (non-hydrogen) atoms. The number of allylic oxidation sites excluding steroid dienone is 3. The van der Waals surface area contributed by atoms with Crippen molar-refractivity contribution in [3.05, 3.63) is 42.3 Å². The molecule has 0 radical (unpaired) electrons. The number of hydrogen-bond acceptors (Lipinski definition) is 3. The zero-order chi connectivity index (χ0) is 13.9. The Morgan fingerprint density at radius 1 is 1.63 bits per heavy atom. The van der Waals surface area contributed by atoms with Crippen LogP contribution in [-0.4, -0.2) is 16.6 Å². The van der Waals surface area contributed by atoms with Gasteiger partial charge < -0.3 is 9.73 Å². The molecule has 0 spiro atoms. The maximum Gasteiger partial charge on any atom is 0.277 e. The minimum Gasteiger partial charge on any atom is -0.451 e. The van der Waals surface area contributed by atoms with Crippen LogP contribution in [0.1, 0.15) is 38.6 Å². The molecule has 2 atom stereocenters. The van der Waals surface area contributed by atoms with Gasteiger partial charge in [-0.15, -0.1) is 0 Å². The van der Waals surface area contributed by atoms with Crippen molar-refractivity contribution in [3.8, 4) is 0 Å². The van der Waals surface area contributed by atoms with Gasteiger partial charge in [0, 0.05) is 13.0 Å². The van der Waals surface area contributed by atoms with E-state index in [0.717, 1.165) is 6.42 Å². The maximum atomic E-state index is 13.9. The van der Waals surface area contributed by atoms with E-state index < -0.39 is 5.67 Å². The van der Waals surface area contributed by atoms with Crippen molar-refractivity contribution < 1.29 is 15.0 Å². The Morgan fingerprint density at radius 2 is 2.42 bits per heavy atom. The SMILES string of the molecule is CC.O=C(NC1=CC2CCC2(F)C=C1)c1cocn1.[HH]. The van der Waals surface area contributed by atoms with Crippen LogP contribution in [0.2, 0.25) is 0 Å². The number of oxazole rings is 1. The van der Waals surface area contributed by atoms with Crippen LogP contribution in [0.4, 0.5) is 4.39 Å². The van der Waals surface area contributed by atoms with Gasteiger partial charge in [0.1, 0.15) is 11.9 Å². The largest absolute Gasteiger partial charge is 0.451 e. The average Bonchev–Trinajstić information content (AvgIpc) is 2.95. The monoisotopic (exact) mass is 266 g/mol. The highest BCUT2D eigenvalue weighted by atomic mass is 19.1. The summed E-state index contributed by atoms with van der Waals surface area (Å²) in [6, 6.07) is 0. The Balaban J connectivity index is 0.000000639. The molecule has 0 bridgehead atoms. The lowest BCUT2D eigenvalue weighted by atomic mass is 9.68. The third kappa shape index (κ3) is 2.59. The highest BCUT2D eigenvalue weighted by molar-refractivity contribution is 5.93. The first-order chi connectivity index (χ1) is 9.17. The predicted octanol–water partition coefficient (Wildman–Crippen LogP) is 3.25. The summed E-state index contributed by atoms with van der Waals surface area (Å²) < 4.78 is 18.6. The molecule has 1 N–H and O–H groups in total. The van der Waals surface area contributed by atoms with Gasteiger partial charge in [-0.3, -0.25) is 4.79 Å². The van der Waals surface area contributed by atoms with Gasteiger partial charge in [-0.1, -0.05) is 19.9 Å². The van der Waals surface area contributed by atoms with Crippen molar-refractivity contribution in [2.75, 3.05) is 0 Å². The lowest BCUT2D eigenvalue weighted by Crippen LogP contribution is -2.42. The summed E-state index contributed by atoms with van der Waals surface area (Å²) in [5.41, 5.74) is -0.358. The van der Waals surface area contributed by atoms with Crippen molar-refractivity contribution in [2.24, 2.45) is 5.92 Å². The van der Waals surface area contributed by atoms with Gasteiger partial charge in [0.15, 0.2) is 12.1 Å². The van der Waals surface area contributed by atoms with Crippen LogP contribution in [0, 0.1) is 5.92 Å². The molecule has 0 saturated heterocycles. The van der Waals surface area contributed by atoms with E-state index in [1.54, 1.807) is 12.2 Å². The topological polar surface area (TPSA) is 55.1 Å². The molecule has 2 aliphatic carbocycles. The Morgan fingerprint density at radius 3 is 2.95 bits per heavy atom. The normalized spacial score (nSPS) is 27.3. The van der Waals surface area contributed by atoms with Crippen LogP contribution in [0.15, 0.2) is 41.0 Å². The molecule has 1 heterocycles. The fourth-order valence-electron chi connectivity index (χ4n) is 2.12. The molecular formula is C14H19FN2O2. The van der Waals surface area contributed by atoms with E-state index in [0.29, 0.717) is 12.1 Å². The molecule has 104 valence electrons. The number of carbonyl (C=O) groups excluding carboxylic acids is 1. The van der Waals surface area contributed by atoms with Crippen molar-refractivity contribution in [3.63, 3.8) is 0 Å². The number of nitrogens with one attached hydrogen (secondary N) is 1. The molecule has 1 aromatic heterocycles. The van der Waals surface area contributed by atoms with Gasteiger partial charge in [-0.2, -0.15) is 0 Å². The Kier molecular flexibility index (Phi) is 3.83. The number of alkyl halides is 1. The number of carbonyl (C=O) groups is 1. The van der Waals surface area contributed by atoms with E-state index in [1.807, 2.05) is 13.8 Å². The predicted molar refractivity (Wildman–Crippen MR) is 71.2 cm³/mol. The van der Waals surface area contributed by atoms with Gasteiger partial charge >= 0.3 is 0 Å². The van der Waals surface area contributed by atoms with E-state index in [9.17, 15) is 9.18 Å². The molecular weight excluding hydrogens is 247 g/mol. The Bertz CT molecular complexity index is 513. The van der Waals surface area contributed by atoms with Crippen molar-refractivity contribution >= 4 is 5.91 Å². The number of aromatic nitrogens is 1. The first-order valence-electron chi connectivity index (χ1n) is 6.47. The molecule has 2 aliphatic rings. The first-order valence-corrected chi connectivity index (χ1v) is 6.47. The Labute approximate surface area is 112 Å². The summed E-state index contributed by atoms with van der Waals surface area (Å²) in [6.07, 6.45) is 8.75. The molecule has 0 aromatic carbocycles. The molecule has 1 amide bonds. The fraction of sp³-hybridized carbons (Fsp3) is 0.429. The van der Waals surface area contributed by atoms with Crippen molar-refractivity contribution in [1.82, 2.24) is 10.3 Å². The van der Waals surface area contributed by atoms with Crippen LogP contribution in [0.3, 0.4) is 0 Å². The van der Waals surface area contributed by atoms with Crippen LogP contribution >= 0.6 is 0 Å². The molecule has 3 rings (SSSR count). The van der Waals surface area contributed by atoms with E-state index >= 15 is 0 Å². The van der Waals surface area contributed by atoms with E-state index in [4.69, 9.17) is 4.42 Å². The lowest BCUT2D eigenvalue weighted by Gasteiger charge is -2.41. The maximum absolute atomic E-state index is 13.9. The van der Waals surface area contributed by atoms with E-state index in [2.05, 4.69) is 10.3 Å². The number of amides is 1. The summed E-state index contributed by atoms with van der Waals surface area (Å²) in [6.45, 7) is 4.00. The molecule has 0 aliphatic heterocycles. The number of nitrogens with zero attached hydrogens (tertiary/aromatic N) is 1. The second-order valence-corrected chi connectivity index (χ2v) is 4.36. The average molecular weight is 266 g/mol. The number of rotatable bonds is 2. The third-order valence-corrected chi connectivity index (χ3v) is 3.30. The molecule has 1 saturated carbocycles. The van der Waals surface area contributed by atoms with E-state index in [1.165, 1.54) is 18.7 Å². The number of fused-ring (bicyclic) bond motifs is 1. The highest BCUT2D eigenvalue weighted by Crippen LogP contribution is 2.46. The lowest BCUT2D eigenvalue weighted by molar-refractivity contribution is 0.0600. The van der Waals surface area contributed by atoms with Gasteiger partial charge in [0.2, 0.25) is 0 Å². The summed E-state index contributed by atoms with van der Waals surface area (Å²) >= 11 is 0. The summed E-state index contributed by atoms with van der Waals surface area (Å²) in [4.78, 5) is 15.4. The minimum absolute atomic E-state index is 0. The summed E-state index contributed by atoms with van der Waals surface area (Å²) in [7, 11) is 0. The molecule has 5 heteroatoms. The molecule has 1 aromatic rings. The quantitative estimate of drug-likeness (QED) is 0.894. The minimum atomic E-state index is -1.19. The van der Waals surface area contributed by atoms with Crippen LogP contribution in [-0.2, 0) is 0 Å². The van der Waals surface area contributed by atoms with Gasteiger partial charge in [-0.25, -0.2) is 9.37 Å².